The van der Waals surface area contributed by atoms with Gasteiger partial charge < -0.3 is 20.5 Å². The number of methoxy groups -OCH3 is 1. The summed E-state index contributed by atoms with van der Waals surface area (Å²) in [4.78, 5) is 40.3. The van der Waals surface area contributed by atoms with Crippen molar-refractivity contribution in [2.45, 2.75) is 18.9 Å². The van der Waals surface area contributed by atoms with Gasteiger partial charge in [0.25, 0.3) is 0 Å². The van der Waals surface area contributed by atoms with Crippen LogP contribution in [-0.4, -0.2) is 48.1 Å². The molecule has 4 amide bonds. The third-order valence-corrected chi connectivity index (χ3v) is 6.22. The van der Waals surface area contributed by atoms with Gasteiger partial charge in [0.1, 0.15) is 18.0 Å². The molecule has 3 N–H and O–H groups in total. The van der Waals surface area contributed by atoms with Gasteiger partial charge in [-0.15, -0.1) is 0 Å². The zero-order chi connectivity index (χ0) is 25.5. The van der Waals surface area contributed by atoms with Crippen molar-refractivity contribution in [3.05, 3.63) is 95.6 Å². The molecule has 0 aliphatic carbocycles. The third-order valence-electron chi connectivity index (χ3n) is 6.22. The maximum atomic E-state index is 13.5. The van der Waals surface area contributed by atoms with E-state index >= 15 is 0 Å². The molecule has 3 aromatic carbocycles. The maximum absolute atomic E-state index is 13.5. The first-order valence-corrected chi connectivity index (χ1v) is 11.8. The third kappa shape index (κ3) is 6.02. The van der Waals surface area contributed by atoms with E-state index in [1.165, 1.54) is 19.2 Å². The van der Waals surface area contributed by atoms with E-state index in [0.717, 1.165) is 16.0 Å². The summed E-state index contributed by atoms with van der Waals surface area (Å²) in [5, 5.41) is 15.6. The minimum atomic E-state index is -0.706. The molecule has 8 heteroatoms. The molecule has 1 heterocycles. The number of rotatable bonds is 7. The number of nitrogens with zero attached hydrogens (tertiary/aromatic N) is 1. The zero-order valence-electron chi connectivity index (χ0n) is 20.0. The van der Waals surface area contributed by atoms with Crippen molar-refractivity contribution >= 4 is 17.8 Å². The Morgan fingerprint density at radius 1 is 1.08 bits per heavy atom. The first-order valence-electron chi connectivity index (χ1n) is 11.8. The summed E-state index contributed by atoms with van der Waals surface area (Å²) in [5.74, 6) is -1.04. The van der Waals surface area contributed by atoms with Gasteiger partial charge in [0.2, 0.25) is 11.8 Å². The number of hydrogen-bond acceptors (Lipinski definition) is 5. The molecule has 186 valence electrons. The summed E-state index contributed by atoms with van der Waals surface area (Å²) in [6.45, 7) is -0.294. The van der Waals surface area contributed by atoms with E-state index in [0.29, 0.717) is 17.7 Å². The molecule has 1 saturated heterocycles. The van der Waals surface area contributed by atoms with Gasteiger partial charge in [-0.3, -0.25) is 14.5 Å². The summed E-state index contributed by atoms with van der Waals surface area (Å²) in [7, 11) is 1.50. The Kier molecular flexibility index (Phi) is 7.85. The number of carbonyl (C=O) groups is 3. The summed E-state index contributed by atoms with van der Waals surface area (Å²) in [6.07, 6.45) is 0.710. The monoisotopic (exact) mass is 487 g/mol. The van der Waals surface area contributed by atoms with Gasteiger partial charge in [-0.1, -0.05) is 60.7 Å². The van der Waals surface area contributed by atoms with Gasteiger partial charge in [-0.05, 0) is 47.7 Å². The van der Waals surface area contributed by atoms with Gasteiger partial charge >= 0.3 is 6.03 Å². The number of carbonyl (C=O) groups excluding carboxylic acids is 3. The number of ether oxygens (including phenoxy) is 1. The van der Waals surface area contributed by atoms with E-state index in [-0.39, 0.29) is 25.3 Å². The molecule has 0 bridgehead atoms. The lowest BCUT2D eigenvalue weighted by Gasteiger charge is -2.26. The van der Waals surface area contributed by atoms with E-state index in [1.807, 2.05) is 60.7 Å². The highest BCUT2D eigenvalue weighted by atomic mass is 16.5. The van der Waals surface area contributed by atoms with Crippen LogP contribution in [0.2, 0.25) is 0 Å². The smallest absolute Gasteiger partial charge is 0.325 e. The first-order chi connectivity index (χ1) is 17.4. The number of amides is 4. The number of phenolic OH excluding ortho intramolecular Hbond substituents is 1. The topological polar surface area (TPSA) is 108 Å². The maximum Gasteiger partial charge on any atom is 0.325 e. The van der Waals surface area contributed by atoms with Crippen LogP contribution in [0.1, 0.15) is 22.7 Å². The molecule has 0 saturated carbocycles. The Morgan fingerprint density at radius 2 is 1.78 bits per heavy atom. The lowest BCUT2D eigenvalue weighted by Crippen LogP contribution is -2.49. The number of hydrogen-bond donors (Lipinski definition) is 3. The van der Waals surface area contributed by atoms with Crippen LogP contribution in [0.5, 0.6) is 11.5 Å². The van der Waals surface area contributed by atoms with Crippen LogP contribution >= 0.6 is 0 Å². The molecule has 2 atom stereocenters. The second-order valence-corrected chi connectivity index (χ2v) is 8.73. The molecule has 8 nitrogen and oxygen atoms in total. The lowest BCUT2D eigenvalue weighted by atomic mass is 9.97. The Labute approximate surface area is 209 Å². The predicted octanol–water partition coefficient (Wildman–Crippen LogP) is 3.21. The molecule has 0 spiro atoms. The van der Waals surface area contributed by atoms with E-state index in [9.17, 15) is 19.5 Å². The van der Waals surface area contributed by atoms with Gasteiger partial charge in [-0.2, -0.15) is 0 Å². The van der Waals surface area contributed by atoms with Crippen LogP contribution in [0.15, 0.2) is 78.9 Å². The van der Waals surface area contributed by atoms with Crippen LogP contribution in [-0.2, 0) is 22.4 Å². The fourth-order valence-corrected chi connectivity index (χ4v) is 4.36. The number of benzene rings is 3. The molecule has 3 aromatic rings. The van der Waals surface area contributed by atoms with Gasteiger partial charge in [0.05, 0.1) is 19.1 Å². The molecular weight excluding hydrogens is 458 g/mol. The fraction of sp³-hybridized carbons (Fsp3) is 0.250. The van der Waals surface area contributed by atoms with Crippen LogP contribution in [0.3, 0.4) is 0 Å². The minimum absolute atomic E-state index is 0.0390. The average molecular weight is 488 g/mol. The van der Waals surface area contributed by atoms with Crippen molar-refractivity contribution in [3.8, 4) is 11.5 Å². The van der Waals surface area contributed by atoms with Crippen molar-refractivity contribution in [1.29, 1.82) is 0 Å². The Hall–Kier alpha value is -4.33. The van der Waals surface area contributed by atoms with E-state index in [4.69, 9.17) is 4.74 Å². The highest BCUT2D eigenvalue weighted by molar-refractivity contribution is 6.00. The SMILES string of the molecule is COc1ccc(O)cc1CC1CNC(=O)CN(C(=O)NC(Cc2ccccc2)c2ccccc2)C1=O. The Bertz CT molecular complexity index is 1220. The summed E-state index contributed by atoms with van der Waals surface area (Å²) < 4.78 is 5.36. The highest BCUT2D eigenvalue weighted by Crippen LogP contribution is 2.27. The van der Waals surface area contributed by atoms with Crippen molar-refractivity contribution in [2.75, 3.05) is 20.2 Å². The van der Waals surface area contributed by atoms with Crippen LogP contribution < -0.4 is 15.4 Å². The Morgan fingerprint density at radius 3 is 2.47 bits per heavy atom. The van der Waals surface area contributed by atoms with Gasteiger partial charge in [-0.25, -0.2) is 4.79 Å². The summed E-state index contributed by atoms with van der Waals surface area (Å²) >= 11 is 0. The van der Waals surface area contributed by atoms with Gasteiger partial charge in [0.15, 0.2) is 0 Å². The summed E-state index contributed by atoms with van der Waals surface area (Å²) in [5.41, 5.74) is 2.53. The van der Waals surface area contributed by atoms with Gasteiger partial charge in [0, 0.05) is 6.54 Å². The van der Waals surface area contributed by atoms with E-state index in [2.05, 4.69) is 10.6 Å². The molecule has 1 fully saturated rings. The molecule has 1 aliphatic rings. The quantitative estimate of drug-likeness (QED) is 0.474. The first kappa shape index (κ1) is 24.8. The average Bonchev–Trinajstić information content (AvgIpc) is 3.03. The van der Waals surface area contributed by atoms with Crippen molar-refractivity contribution < 1.29 is 24.2 Å². The normalized spacial score (nSPS) is 16.6. The molecule has 1 aliphatic heterocycles. The molecule has 36 heavy (non-hydrogen) atoms. The number of phenols is 1. The van der Waals surface area contributed by atoms with Crippen LogP contribution in [0, 0.1) is 5.92 Å². The second-order valence-electron chi connectivity index (χ2n) is 8.73. The van der Waals surface area contributed by atoms with Crippen molar-refractivity contribution in [1.82, 2.24) is 15.5 Å². The second kappa shape index (κ2) is 11.4. The number of urea groups is 1. The number of nitrogens with one attached hydrogen (secondary N) is 2. The number of imide groups is 1. The van der Waals surface area contributed by atoms with Crippen LogP contribution in [0.25, 0.3) is 0 Å². The zero-order valence-corrected chi connectivity index (χ0v) is 20.0. The highest BCUT2D eigenvalue weighted by Gasteiger charge is 2.35. The lowest BCUT2D eigenvalue weighted by molar-refractivity contribution is -0.133. The standard InChI is InChI=1S/C28H29N3O5/c1-36-25-13-12-23(32)16-21(25)15-22-17-29-26(33)18-31(27(22)34)28(35)30-24(20-10-6-3-7-11-20)14-19-8-4-2-5-9-19/h2-13,16,22,24,32H,14-15,17-18H2,1H3,(H,29,33)(H,30,35). The molecule has 0 radical (unpaired) electrons. The van der Waals surface area contributed by atoms with E-state index in [1.54, 1.807) is 6.07 Å². The molecular formula is C28H29N3O5. The van der Waals surface area contributed by atoms with Crippen LogP contribution in [0.4, 0.5) is 4.79 Å². The van der Waals surface area contributed by atoms with Crippen molar-refractivity contribution in [2.24, 2.45) is 5.92 Å². The Balaban J connectivity index is 1.56. The number of aromatic hydroxyl groups is 1. The predicted molar refractivity (Wildman–Crippen MR) is 134 cm³/mol. The minimum Gasteiger partial charge on any atom is -0.508 e. The summed E-state index contributed by atoms with van der Waals surface area (Å²) in [6, 6.07) is 22.9. The van der Waals surface area contributed by atoms with Crippen molar-refractivity contribution in [3.63, 3.8) is 0 Å². The molecule has 4 rings (SSSR count). The molecule has 2 unspecified atom stereocenters. The largest absolute Gasteiger partial charge is 0.508 e. The van der Waals surface area contributed by atoms with E-state index < -0.39 is 29.8 Å². The fourth-order valence-electron chi connectivity index (χ4n) is 4.36. The molecule has 0 aromatic heterocycles.